The summed E-state index contributed by atoms with van der Waals surface area (Å²) in [7, 11) is 0.657. The molecule has 0 saturated carbocycles. The number of benzene rings is 1. The Labute approximate surface area is 106 Å². The van der Waals surface area contributed by atoms with Crippen molar-refractivity contribution in [3.63, 3.8) is 0 Å². The third kappa shape index (κ3) is 5.40. The molecule has 0 bridgehead atoms. The van der Waals surface area contributed by atoms with Gasteiger partial charge in [-0.15, -0.1) is 23.2 Å². The van der Waals surface area contributed by atoms with Gasteiger partial charge in [0.25, 0.3) is 0 Å². The maximum atomic E-state index is 5.66. The van der Waals surface area contributed by atoms with Crippen molar-refractivity contribution >= 4 is 48.7 Å². The first kappa shape index (κ1) is 12.6. The van der Waals surface area contributed by atoms with E-state index in [-0.39, 0.29) is 4.46 Å². The van der Waals surface area contributed by atoms with E-state index < -0.39 is 0 Å². The average Bonchev–Trinajstić information content (AvgIpc) is 2.12. The highest BCUT2D eigenvalue weighted by atomic mass is 79.9. The van der Waals surface area contributed by atoms with Crippen LogP contribution in [0.5, 0.6) is 0 Å². The Morgan fingerprint density at radius 2 is 2.14 bits per heavy atom. The Bertz CT molecular complexity index is 279. The summed E-state index contributed by atoms with van der Waals surface area (Å²) in [6.07, 6.45) is 2.26. The third-order valence-corrected chi connectivity index (χ3v) is 4.20. The zero-order chi connectivity index (χ0) is 10.4. The van der Waals surface area contributed by atoms with E-state index in [0.29, 0.717) is 9.52 Å². The highest BCUT2D eigenvalue weighted by molar-refractivity contribution is 9.10. The predicted octanol–water partition coefficient (Wildman–Crippen LogP) is 4.27. The maximum Gasteiger partial charge on any atom is 0.0929 e. The van der Waals surface area contributed by atoms with Gasteiger partial charge in [0, 0.05) is 4.47 Å². The molecule has 0 aliphatic carbocycles. The Morgan fingerprint density at radius 3 is 2.79 bits per heavy atom. The van der Waals surface area contributed by atoms with Crippen LogP contribution in [0.3, 0.4) is 0 Å². The van der Waals surface area contributed by atoms with E-state index in [0.717, 1.165) is 23.4 Å². The van der Waals surface area contributed by atoms with Crippen molar-refractivity contribution in [3.8, 4) is 0 Å². The number of aryl methyl sites for hydroxylation is 1. The van der Waals surface area contributed by atoms with Crippen LogP contribution in [-0.4, -0.2) is 14.0 Å². The fourth-order valence-corrected chi connectivity index (χ4v) is 2.90. The lowest BCUT2D eigenvalue weighted by molar-refractivity contribution is 0.913. The van der Waals surface area contributed by atoms with Gasteiger partial charge in [0.05, 0.1) is 14.0 Å². The van der Waals surface area contributed by atoms with Crippen molar-refractivity contribution in [2.24, 2.45) is 0 Å². The normalized spacial score (nSPS) is 10.9. The molecular formula is C10H11BrCl2Si. The summed E-state index contributed by atoms with van der Waals surface area (Å²) in [5.41, 5.74) is 1.37. The first-order chi connectivity index (χ1) is 6.68. The van der Waals surface area contributed by atoms with Gasteiger partial charge in [-0.1, -0.05) is 40.5 Å². The lowest BCUT2D eigenvalue weighted by atomic mass is 10.1. The molecule has 0 amide bonds. The summed E-state index contributed by atoms with van der Waals surface area (Å²) in [4.78, 5) is 0. The van der Waals surface area contributed by atoms with E-state index in [2.05, 4.69) is 34.1 Å². The van der Waals surface area contributed by atoms with Crippen molar-refractivity contribution in [2.45, 2.75) is 23.3 Å². The van der Waals surface area contributed by atoms with Crippen molar-refractivity contribution in [1.29, 1.82) is 0 Å². The molecule has 0 aromatic heterocycles. The van der Waals surface area contributed by atoms with Crippen LogP contribution >= 0.6 is 39.1 Å². The first-order valence-corrected chi connectivity index (χ1v) is 7.39. The summed E-state index contributed by atoms with van der Waals surface area (Å²) >= 11 is 14.8. The molecule has 0 nitrogen and oxygen atoms in total. The molecule has 2 radical (unpaired) electrons. The maximum absolute atomic E-state index is 5.66. The minimum atomic E-state index is -0.183. The number of alkyl halides is 2. The smallest absolute Gasteiger partial charge is 0.0929 e. The topological polar surface area (TPSA) is 0 Å². The van der Waals surface area contributed by atoms with Crippen molar-refractivity contribution in [3.05, 3.63) is 34.3 Å². The molecule has 1 aromatic carbocycles. The SMILES string of the molecule is ClC(Cl)[Si]CCCc1cccc(Br)c1. The fourth-order valence-electron chi connectivity index (χ4n) is 1.20. The second-order valence-corrected chi connectivity index (χ2v) is 7.22. The van der Waals surface area contributed by atoms with Crippen LogP contribution in [0.25, 0.3) is 0 Å². The quantitative estimate of drug-likeness (QED) is 0.433. The third-order valence-electron chi connectivity index (χ3n) is 1.83. The van der Waals surface area contributed by atoms with Crippen LogP contribution < -0.4 is 0 Å². The molecule has 14 heavy (non-hydrogen) atoms. The van der Waals surface area contributed by atoms with Gasteiger partial charge in [-0.2, -0.15) is 0 Å². The van der Waals surface area contributed by atoms with Crippen LogP contribution in [0.4, 0.5) is 0 Å². The van der Waals surface area contributed by atoms with Gasteiger partial charge in [0.15, 0.2) is 0 Å². The molecule has 0 aliphatic heterocycles. The molecule has 0 aliphatic rings. The van der Waals surface area contributed by atoms with Gasteiger partial charge in [-0.25, -0.2) is 0 Å². The minimum absolute atomic E-state index is 0.183. The lowest BCUT2D eigenvalue weighted by Gasteiger charge is -2.02. The predicted molar refractivity (Wildman–Crippen MR) is 68.5 cm³/mol. The van der Waals surface area contributed by atoms with Gasteiger partial charge < -0.3 is 0 Å². The molecule has 1 rings (SSSR count). The first-order valence-electron chi connectivity index (χ1n) is 4.44. The highest BCUT2D eigenvalue weighted by Crippen LogP contribution is 2.14. The average molecular weight is 310 g/mol. The summed E-state index contributed by atoms with van der Waals surface area (Å²) in [6, 6.07) is 9.52. The summed E-state index contributed by atoms with van der Waals surface area (Å²) in [5, 5.41) is 0. The molecule has 76 valence electrons. The van der Waals surface area contributed by atoms with E-state index in [1.54, 1.807) is 0 Å². The molecule has 0 N–H and O–H groups in total. The van der Waals surface area contributed by atoms with E-state index in [1.807, 2.05) is 6.07 Å². The molecule has 0 unspecified atom stereocenters. The zero-order valence-electron chi connectivity index (χ0n) is 7.64. The summed E-state index contributed by atoms with van der Waals surface area (Å²) in [6.45, 7) is 0. The largest absolute Gasteiger partial charge is 0.110 e. The second kappa shape index (κ2) is 6.89. The molecule has 0 saturated heterocycles. The van der Waals surface area contributed by atoms with Crippen molar-refractivity contribution < 1.29 is 0 Å². The molecule has 0 fully saturated rings. The molecule has 1 aromatic rings. The van der Waals surface area contributed by atoms with E-state index in [9.17, 15) is 0 Å². The summed E-state index contributed by atoms with van der Waals surface area (Å²) < 4.78 is 0.961. The van der Waals surface area contributed by atoms with Crippen molar-refractivity contribution in [2.75, 3.05) is 0 Å². The van der Waals surface area contributed by atoms with Crippen LogP contribution in [0.15, 0.2) is 28.7 Å². The Balaban J connectivity index is 2.25. The number of rotatable bonds is 5. The fraction of sp³-hybridized carbons (Fsp3) is 0.400. The van der Waals surface area contributed by atoms with E-state index in [1.165, 1.54) is 5.56 Å². The van der Waals surface area contributed by atoms with E-state index >= 15 is 0 Å². The molecule has 0 heterocycles. The standard InChI is InChI=1S/C10H11BrCl2Si/c11-9-5-1-3-8(7-9)4-2-6-14-10(12)13/h1,3,5,7,10H,2,4,6H2. The monoisotopic (exact) mass is 308 g/mol. The zero-order valence-corrected chi connectivity index (χ0v) is 11.7. The Hall–Kier alpha value is 0.497. The number of halogens is 3. The number of hydrogen-bond donors (Lipinski definition) is 0. The van der Waals surface area contributed by atoms with Crippen LogP contribution in [0, 0.1) is 0 Å². The molecule has 0 spiro atoms. The van der Waals surface area contributed by atoms with Gasteiger partial charge >= 0.3 is 0 Å². The van der Waals surface area contributed by atoms with Crippen LogP contribution in [-0.2, 0) is 6.42 Å². The molecule has 4 heteroatoms. The van der Waals surface area contributed by atoms with E-state index in [4.69, 9.17) is 23.2 Å². The lowest BCUT2D eigenvalue weighted by Crippen LogP contribution is -2.01. The van der Waals surface area contributed by atoms with Gasteiger partial charge in [-0.3, -0.25) is 0 Å². The van der Waals surface area contributed by atoms with Gasteiger partial charge in [0.1, 0.15) is 0 Å². The minimum Gasteiger partial charge on any atom is -0.110 e. The van der Waals surface area contributed by atoms with Crippen molar-refractivity contribution in [1.82, 2.24) is 0 Å². The van der Waals surface area contributed by atoms with Crippen LogP contribution in [0.1, 0.15) is 12.0 Å². The van der Waals surface area contributed by atoms with Gasteiger partial charge in [-0.05, 0) is 24.1 Å². The Kier molecular flexibility index (Phi) is 6.18. The summed E-state index contributed by atoms with van der Waals surface area (Å²) in [5.74, 6) is 0. The highest BCUT2D eigenvalue weighted by Gasteiger charge is 2.00. The van der Waals surface area contributed by atoms with Gasteiger partial charge in [0.2, 0.25) is 0 Å². The van der Waals surface area contributed by atoms with Crippen LogP contribution in [0.2, 0.25) is 6.04 Å². The number of hydrogen-bond acceptors (Lipinski definition) is 0. The second-order valence-electron chi connectivity index (χ2n) is 2.99. The molecular weight excluding hydrogens is 299 g/mol. The Morgan fingerprint density at radius 1 is 1.36 bits per heavy atom. The molecule has 0 atom stereocenters.